The van der Waals surface area contributed by atoms with Crippen molar-refractivity contribution in [3.8, 4) is 0 Å². The molecule has 16 heavy (non-hydrogen) atoms. The molecule has 0 radical (unpaired) electrons. The number of carbonyl (C=O) groups is 1. The van der Waals surface area contributed by atoms with Crippen molar-refractivity contribution in [2.45, 2.75) is 25.8 Å². The van der Waals surface area contributed by atoms with Gasteiger partial charge in [-0.15, -0.1) is 0 Å². The fraction of sp³-hybridized carbons (Fsp3) is 0.417. The summed E-state index contributed by atoms with van der Waals surface area (Å²) in [5.41, 5.74) is -0.275. The average molecular weight is 286 g/mol. The number of carboxylic acids is 1. The Morgan fingerprint density at radius 1 is 1.56 bits per heavy atom. The Balaban J connectivity index is 3.06. The highest BCUT2D eigenvalue weighted by molar-refractivity contribution is 9.10. The summed E-state index contributed by atoms with van der Waals surface area (Å²) in [5.74, 6) is -0.862. The van der Waals surface area contributed by atoms with Crippen LogP contribution in [0.5, 0.6) is 0 Å². The van der Waals surface area contributed by atoms with Gasteiger partial charge in [-0.25, -0.2) is 4.79 Å². The minimum Gasteiger partial charge on any atom is -0.480 e. The third kappa shape index (κ3) is 2.83. The first-order valence-electron chi connectivity index (χ1n) is 5.25. The summed E-state index contributed by atoms with van der Waals surface area (Å²) in [6.07, 6.45) is 0.900. The summed E-state index contributed by atoms with van der Waals surface area (Å²) in [6.45, 7) is 4.37. The summed E-state index contributed by atoms with van der Waals surface area (Å²) < 4.78 is 0.885. The van der Waals surface area contributed by atoms with Crippen molar-refractivity contribution in [1.29, 1.82) is 0 Å². The maximum Gasteiger partial charge on any atom is 0.328 e. The van der Waals surface area contributed by atoms with E-state index in [4.69, 9.17) is 0 Å². The highest BCUT2D eigenvalue weighted by Gasteiger charge is 2.34. The van der Waals surface area contributed by atoms with Crippen LogP contribution in [0.2, 0.25) is 0 Å². The normalized spacial score (nSPS) is 14.4. The second-order valence-corrected chi connectivity index (χ2v) is 4.78. The van der Waals surface area contributed by atoms with Gasteiger partial charge in [0.15, 0.2) is 0 Å². The van der Waals surface area contributed by atoms with E-state index in [1.54, 1.807) is 6.92 Å². The van der Waals surface area contributed by atoms with Gasteiger partial charge in [-0.1, -0.05) is 35.0 Å². The summed E-state index contributed by atoms with van der Waals surface area (Å²) in [4.78, 5) is 11.4. The lowest BCUT2D eigenvalue weighted by Gasteiger charge is -2.27. The smallest absolute Gasteiger partial charge is 0.328 e. The zero-order chi connectivity index (χ0) is 12.2. The number of nitrogens with one attached hydrogen (secondary N) is 1. The molecular formula is C12H16BrNO2. The van der Waals surface area contributed by atoms with Gasteiger partial charge in [-0.3, -0.25) is 5.32 Å². The molecular weight excluding hydrogens is 270 g/mol. The van der Waals surface area contributed by atoms with E-state index >= 15 is 0 Å². The van der Waals surface area contributed by atoms with Crippen molar-refractivity contribution in [1.82, 2.24) is 5.32 Å². The molecule has 0 aliphatic carbocycles. The van der Waals surface area contributed by atoms with Crippen LogP contribution in [-0.2, 0) is 10.3 Å². The van der Waals surface area contributed by atoms with E-state index < -0.39 is 11.5 Å². The van der Waals surface area contributed by atoms with Crippen LogP contribution in [0.15, 0.2) is 28.7 Å². The van der Waals surface area contributed by atoms with Crippen molar-refractivity contribution >= 4 is 21.9 Å². The molecule has 2 N–H and O–H groups in total. The summed E-state index contributed by atoms with van der Waals surface area (Å²) in [7, 11) is 0. The number of carboxylic acid groups (broad SMARTS) is 1. The topological polar surface area (TPSA) is 49.3 Å². The van der Waals surface area contributed by atoms with Crippen LogP contribution in [0.3, 0.4) is 0 Å². The fourth-order valence-corrected chi connectivity index (χ4v) is 1.87. The molecule has 0 saturated heterocycles. The minimum absolute atomic E-state index is 0.676. The molecule has 1 aromatic rings. The van der Waals surface area contributed by atoms with E-state index in [1.165, 1.54) is 0 Å². The number of hydrogen-bond donors (Lipinski definition) is 2. The van der Waals surface area contributed by atoms with E-state index in [0.717, 1.165) is 16.5 Å². The van der Waals surface area contributed by atoms with Gasteiger partial charge in [0, 0.05) is 4.47 Å². The standard InChI is InChI=1S/C12H16BrNO2/c1-3-7-14-12(2,11(15)16)9-5-4-6-10(13)8-9/h4-6,8,14H,3,7H2,1-2H3,(H,15,16). The lowest BCUT2D eigenvalue weighted by molar-refractivity contribution is -0.144. The number of aliphatic carboxylic acids is 1. The lowest BCUT2D eigenvalue weighted by Crippen LogP contribution is -2.46. The van der Waals surface area contributed by atoms with Gasteiger partial charge in [0.2, 0.25) is 0 Å². The highest BCUT2D eigenvalue weighted by atomic mass is 79.9. The van der Waals surface area contributed by atoms with Gasteiger partial charge in [0.25, 0.3) is 0 Å². The van der Waals surface area contributed by atoms with Crippen molar-refractivity contribution < 1.29 is 9.90 Å². The van der Waals surface area contributed by atoms with Gasteiger partial charge in [-0.05, 0) is 37.6 Å². The molecule has 0 bridgehead atoms. The summed E-state index contributed by atoms with van der Waals surface area (Å²) in [5, 5.41) is 12.4. The molecule has 1 aromatic carbocycles. The van der Waals surface area contributed by atoms with Gasteiger partial charge in [-0.2, -0.15) is 0 Å². The Morgan fingerprint density at radius 3 is 2.75 bits per heavy atom. The van der Waals surface area contributed by atoms with Crippen LogP contribution >= 0.6 is 15.9 Å². The number of hydrogen-bond acceptors (Lipinski definition) is 2. The molecule has 4 heteroatoms. The van der Waals surface area contributed by atoms with Crippen molar-refractivity contribution in [2.24, 2.45) is 0 Å². The molecule has 0 heterocycles. The van der Waals surface area contributed by atoms with Crippen LogP contribution in [0.25, 0.3) is 0 Å². The second kappa shape index (κ2) is 5.46. The summed E-state index contributed by atoms with van der Waals surface area (Å²) >= 11 is 3.35. The van der Waals surface area contributed by atoms with E-state index in [9.17, 15) is 9.90 Å². The molecule has 0 fully saturated rings. The van der Waals surface area contributed by atoms with Crippen molar-refractivity contribution in [2.75, 3.05) is 6.54 Å². The van der Waals surface area contributed by atoms with Crippen LogP contribution in [0.1, 0.15) is 25.8 Å². The zero-order valence-electron chi connectivity index (χ0n) is 9.46. The van der Waals surface area contributed by atoms with E-state index in [0.29, 0.717) is 6.54 Å². The van der Waals surface area contributed by atoms with Gasteiger partial charge in [0.05, 0.1) is 0 Å². The molecule has 1 unspecified atom stereocenters. The molecule has 0 saturated carbocycles. The quantitative estimate of drug-likeness (QED) is 0.875. The molecule has 0 aliphatic rings. The molecule has 0 aromatic heterocycles. The minimum atomic E-state index is -1.03. The van der Waals surface area contributed by atoms with E-state index in [1.807, 2.05) is 31.2 Å². The third-order valence-corrected chi connectivity index (χ3v) is 3.05. The monoisotopic (exact) mass is 285 g/mol. The number of benzene rings is 1. The number of rotatable bonds is 5. The first-order chi connectivity index (χ1) is 7.50. The molecule has 88 valence electrons. The number of halogens is 1. The molecule has 1 rings (SSSR count). The van der Waals surface area contributed by atoms with Crippen molar-refractivity contribution in [3.63, 3.8) is 0 Å². The molecule has 0 aliphatic heterocycles. The molecule has 0 amide bonds. The lowest BCUT2D eigenvalue weighted by atomic mass is 9.92. The second-order valence-electron chi connectivity index (χ2n) is 3.87. The van der Waals surface area contributed by atoms with Crippen LogP contribution in [0, 0.1) is 0 Å². The third-order valence-electron chi connectivity index (χ3n) is 2.56. The molecule has 3 nitrogen and oxygen atoms in total. The van der Waals surface area contributed by atoms with Gasteiger partial charge < -0.3 is 5.11 Å². The highest BCUT2D eigenvalue weighted by Crippen LogP contribution is 2.24. The largest absolute Gasteiger partial charge is 0.480 e. The predicted molar refractivity (Wildman–Crippen MR) is 67.4 cm³/mol. The Morgan fingerprint density at radius 2 is 2.25 bits per heavy atom. The maximum atomic E-state index is 11.4. The van der Waals surface area contributed by atoms with Crippen LogP contribution in [-0.4, -0.2) is 17.6 Å². The van der Waals surface area contributed by atoms with E-state index in [-0.39, 0.29) is 0 Å². The predicted octanol–water partition coefficient (Wildman–Crippen LogP) is 2.75. The molecule has 0 spiro atoms. The Kier molecular flexibility index (Phi) is 4.50. The first-order valence-corrected chi connectivity index (χ1v) is 6.04. The summed E-state index contributed by atoms with van der Waals surface area (Å²) in [6, 6.07) is 7.37. The van der Waals surface area contributed by atoms with Crippen molar-refractivity contribution in [3.05, 3.63) is 34.3 Å². The average Bonchev–Trinajstić information content (AvgIpc) is 2.25. The van der Waals surface area contributed by atoms with E-state index in [2.05, 4.69) is 21.2 Å². The Labute approximate surface area is 104 Å². The van der Waals surface area contributed by atoms with Crippen LogP contribution in [0.4, 0.5) is 0 Å². The molecule has 1 atom stereocenters. The first kappa shape index (κ1) is 13.2. The van der Waals surface area contributed by atoms with Crippen LogP contribution < -0.4 is 5.32 Å². The van der Waals surface area contributed by atoms with Gasteiger partial charge in [0.1, 0.15) is 5.54 Å². The van der Waals surface area contributed by atoms with Gasteiger partial charge >= 0.3 is 5.97 Å². The SMILES string of the molecule is CCCNC(C)(C(=O)O)c1cccc(Br)c1. The zero-order valence-corrected chi connectivity index (χ0v) is 11.0. The fourth-order valence-electron chi connectivity index (χ4n) is 1.48. The Bertz CT molecular complexity index is 381. The maximum absolute atomic E-state index is 11.4. The Hall–Kier alpha value is -0.870.